The van der Waals surface area contributed by atoms with Gasteiger partial charge in [0.25, 0.3) is 5.69 Å². The van der Waals surface area contributed by atoms with Crippen LogP contribution in [0.2, 0.25) is 5.02 Å². The highest BCUT2D eigenvalue weighted by Gasteiger charge is 2.13. The Labute approximate surface area is 151 Å². The summed E-state index contributed by atoms with van der Waals surface area (Å²) in [7, 11) is 0. The molecule has 26 heavy (non-hydrogen) atoms. The second kappa shape index (κ2) is 6.97. The van der Waals surface area contributed by atoms with Gasteiger partial charge in [0.05, 0.1) is 10.5 Å². The molecule has 0 bridgehead atoms. The predicted octanol–water partition coefficient (Wildman–Crippen LogP) is 4.05. The van der Waals surface area contributed by atoms with Crippen LogP contribution in [0.1, 0.15) is 21.5 Å². The maximum Gasteiger partial charge on any atom is 0.336 e. The number of benzene rings is 2. The van der Waals surface area contributed by atoms with Gasteiger partial charge in [-0.05, 0) is 30.7 Å². The standard InChI is InChI=1S/C18H12ClNO6/c1-10-4-17-14(7-15(10)19)12(6-18(22)26-17)9-25-16-3-2-13(20(23)24)5-11(16)8-21/h2-8H,9H2,1H3. The lowest BCUT2D eigenvalue weighted by Crippen LogP contribution is -2.05. The molecule has 8 heteroatoms. The fraction of sp³-hybridized carbons (Fsp3) is 0.111. The number of fused-ring (bicyclic) bond motifs is 1. The number of nitro groups is 1. The molecule has 2 aromatic carbocycles. The maximum atomic E-state index is 11.8. The van der Waals surface area contributed by atoms with Crippen LogP contribution in [0.3, 0.4) is 0 Å². The lowest BCUT2D eigenvalue weighted by atomic mass is 10.1. The van der Waals surface area contributed by atoms with Gasteiger partial charge in [-0.1, -0.05) is 11.6 Å². The van der Waals surface area contributed by atoms with E-state index in [2.05, 4.69) is 0 Å². The van der Waals surface area contributed by atoms with Crippen molar-refractivity contribution < 1.29 is 18.9 Å². The Morgan fingerprint density at radius 2 is 2.04 bits per heavy atom. The highest BCUT2D eigenvalue weighted by atomic mass is 35.5. The molecule has 1 heterocycles. The summed E-state index contributed by atoms with van der Waals surface area (Å²) < 4.78 is 10.8. The Morgan fingerprint density at radius 3 is 2.73 bits per heavy atom. The van der Waals surface area contributed by atoms with E-state index in [-0.39, 0.29) is 23.6 Å². The highest BCUT2D eigenvalue weighted by molar-refractivity contribution is 6.32. The van der Waals surface area contributed by atoms with E-state index in [0.717, 1.165) is 11.6 Å². The van der Waals surface area contributed by atoms with E-state index in [9.17, 15) is 19.7 Å². The molecule has 0 saturated heterocycles. The van der Waals surface area contributed by atoms with Crippen molar-refractivity contribution in [3.8, 4) is 5.75 Å². The molecule has 0 spiro atoms. The van der Waals surface area contributed by atoms with E-state index >= 15 is 0 Å². The number of aldehydes is 1. The fourth-order valence-electron chi connectivity index (χ4n) is 2.50. The molecule has 0 aliphatic carbocycles. The largest absolute Gasteiger partial charge is 0.488 e. The van der Waals surface area contributed by atoms with Gasteiger partial charge >= 0.3 is 5.63 Å². The minimum atomic E-state index is -0.600. The van der Waals surface area contributed by atoms with Crippen LogP contribution < -0.4 is 10.4 Å². The summed E-state index contributed by atoms with van der Waals surface area (Å²) in [6, 6.07) is 8.31. The monoisotopic (exact) mass is 373 g/mol. The summed E-state index contributed by atoms with van der Waals surface area (Å²) in [5, 5.41) is 11.9. The predicted molar refractivity (Wildman–Crippen MR) is 95.0 cm³/mol. The van der Waals surface area contributed by atoms with Crippen molar-refractivity contribution >= 4 is 34.5 Å². The second-order valence-electron chi connectivity index (χ2n) is 5.57. The normalized spacial score (nSPS) is 10.7. The third kappa shape index (κ3) is 3.43. The van der Waals surface area contributed by atoms with Gasteiger partial charge in [-0.2, -0.15) is 0 Å². The van der Waals surface area contributed by atoms with Gasteiger partial charge < -0.3 is 9.15 Å². The molecule has 3 rings (SSSR count). The third-order valence-corrected chi connectivity index (χ3v) is 4.23. The van der Waals surface area contributed by atoms with Gasteiger partial charge in [0.1, 0.15) is 17.9 Å². The van der Waals surface area contributed by atoms with Gasteiger partial charge in [-0.3, -0.25) is 14.9 Å². The van der Waals surface area contributed by atoms with Crippen LogP contribution in [-0.2, 0) is 6.61 Å². The highest BCUT2D eigenvalue weighted by Crippen LogP contribution is 2.27. The summed E-state index contributed by atoms with van der Waals surface area (Å²) in [5.41, 5.74) is 0.939. The molecule has 0 aliphatic rings. The lowest BCUT2D eigenvalue weighted by molar-refractivity contribution is -0.384. The number of rotatable bonds is 5. The van der Waals surface area contributed by atoms with Crippen LogP contribution in [0, 0.1) is 17.0 Å². The third-order valence-electron chi connectivity index (χ3n) is 3.82. The molecular formula is C18H12ClNO6. The van der Waals surface area contributed by atoms with Crippen LogP contribution in [-0.4, -0.2) is 11.2 Å². The van der Waals surface area contributed by atoms with Crippen molar-refractivity contribution in [2.24, 2.45) is 0 Å². The Bertz CT molecular complexity index is 1090. The quantitative estimate of drug-likeness (QED) is 0.289. The van der Waals surface area contributed by atoms with Gasteiger partial charge in [-0.25, -0.2) is 4.79 Å². The van der Waals surface area contributed by atoms with Crippen LogP contribution in [0.5, 0.6) is 5.75 Å². The first-order valence-electron chi connectivity index (χ1n) is 7.48. The number of nitro benzene ring substituents is 1. The number of carbonyl (C=O) groups is 1. The summed E-state index contributed by atoms with van der Waals surface area (Å²) in [6.45, 7) is 1.75. The molecule has 0 saturated carbocycles. The molecule has 0 unspecified atom stereocenters. The zero-order valence-corrected chi connectivity index (χ0v) is 14.3. The van der Waals surface area contributed by atoms with E-state index < -0.39 is 10.5 Å². The van der Waals surface area contributed by atoms with Crippen LogP contribution in [0.25, 0.3) is 11.0 Å². The van der Waals surface area contributed by atoms with Crippen molar-refractivity contribution in [2.75, 3.05) is 0 Å². The average Bonchev–Trinajstić information content (AvgIpc) is 2.60. The van der Waals surface area contributed by atoms with Crippen molar-refractivity contribution in [1.82, 2.24) is 0 Å². The lowest BCUT2D eigenvalue weighted by Gasteiger charge is -2.10. The number of hydrogen-bond donors (Lipinski definition) is 0. The summed E-state index contributed by atoms with van der Waals surface area (Å²) >= 11 is 6.14. The number of ether oxygens (including phenoxy) is 1. The second-order valence-corrected chi connectivity index (χ2v) is 5.98. The first kappa shape index (κ1) is 17.6. The zero-order valence-electron chi connectivity index (χ0n) is 13.5. The first-order valence-corrected chi connectivity index (χ1v) is 7.86. The van der Waals surface area contributed by atoms with Crippen molar-refractivity contribution in [3.63, 3.8) is 0 Å². The molecule has 0 radical (unpaired) electrons. The van der Waals surface area contributed by atoms with Gasteiger partial charge in [0.15, 0.2) is 6.29 Å². The van der Waals surface area contributed by atoms with Crippen molar-refractivity contribution in [3.05, 3.63) is 78.6 Å². The van der Waals surface area contributed by atoms with Crippen LogP contribution in [0.4, 0.5) is 5.69 Å². The smallest absolute Gasteiger partial charge is 0.336 e. The Hall–Kier alpha value is -3.19. The molecule has 7 nitrogen and oxygen atoms in total. The SMILES string of the molecule is Cc1cc2oc(=O)cc(COc3ccc([N+](=O)[O-])cc3C=O)c2cc1Cl. The molecule has 0 N–H and O–H groups in total. The molecular weight excluding hydrogens is 362 g/mol. The first-order chi connectivity index (χ1) is 12.4. The van der Waals surface area contributed by atoms with Crippen molar-refractivity contribution in [2.45, 2.75) is 13.5 Å². The average molecular weight is 374 g/mol. The number of nitrogens with zero attached hydrogens (tertiary/aromatic N) is 1. The molecule has 0 atom stereocenters. The summed E-state index contributed by atoms with van der Waals surface area (Å²) in [5.74, 6) is 0.171. The molecule has 1 aromatic heterocycles. The molecule has 3 aromatic rings. The number of non-ortho nitro benzene ring substituents is 1. The van der Waals surface area contributed by atoms with E-state index in [1.165, 1.54) is 18.2 Å². The van der Waals surface area contributed by atoms with E-state index in [1.807, 2.05) is 0 Å². The van der Waals surface area contributed by atoms with Crippen molar-refractivity contribution in [1.29, 1.82) is 0 Å². The maximum absolute atomic E-state index is 11.8. The topological polar surface area (TPSA) is 99.7 Å². The number of halogens is 1. The molecule has 0 fully saturated rings. The molecule has 0 aliphatic heterocycles. The summed E-state index contributed by atoms with van der Waals surface area (Å²) in [4.78, 5) is 33.1. The number of hydrogen-bond acceptors (Lipinski definition) is 6. The Balaban J connectivity index is 1.98. The minimum Gasteiger partial charge on any atom is -0.488 e. The Kier molecular flexibility index (Phi) is 4.73. The van der Waals surface area contributed by atoms with Gasteiger partial charge in [-0.15, -0.1) is 0 Å². The summed E-state index contributed by atoms with van der Waals surface area (Å²) in [6.07, 6.45) is 0.472. The van der Waals surface area contributed by atoms with Gasteiger partial charge in [0.2, 0.25) is 0 Å². The van der Waals surface area contributed by atoms with Gasteiger partial charge in [0, 0.05) is 34.2 Å². The molecule has 132 valence electrons. The minimum absolute atomic E-state index is 0.0415. The number of carbonyl (C=O) groups excluding carboxylic acids is 1. The van der Waals surface area contributed by atoms with Crippen LogP contribution in [0.15, 0.2) is 45.6 Å². The Morgan fingerprint density at radius 1 is 1.27 bits per heavy atom. The van der Waals surface area contributed by atoms with E-state index in [1.54, 1.807) is 19.1 Å². The zero-order chi connectivity index (χ0) is 18.8. The van der Waals surface area contributed by atoms with E-state index in [0.29, 0.717) is 27.8 Å². The fourth-order valence-corrected chi connectivity index (χ4v) is 2.66. The van der Waals surface area contributed by atoms with Crippen LogP contribution >= 0.6 is 11.6 Å². The molecule has 0 amide bonds. The van der Waals surface area contributed by atoms with E-state index in [4.69, 9.17) is 20.8 Å². The number of aryl methyl sites for hydroxylation is 1.